The zero-order chi connectivity index (χ0) is 17.1. The Morgan fingerprint density at radius 3 is 2.29 bits per heavy atom. The van der Waals surface area contributed by atoms with Gasteiger partial charge in [-0.1, -0.05) is 32.4 Å². The van der Waals surface area contributed by atoms with Gasteiger partial charge in [-0.25, -0.2) is 0 Å². The van der Waals surface area contributed by atoms with Gasteiger partial charge in [-0.15, -0.1) is 0 Å². The Bertz CT molecular complexity index is 451. The molecule has 1 heteroatoms. The van der Waals surface area contributed by atoms with Crippen LogP contribution in [0.2, 0.25) is 0 Å². The maximum absolute atomic E-state index is 12.4. The van der Waals surface area contributed by atoms with E-state index in [4.69, 9.17) is 0 Å². The lowest BCUT2D eigenvalue weighted by molar-refractivity contribution is -0.124. The van der Waals surface area contributed by atoms with E-state index in [2.05, 4.69) is 20.4 Å². The van der Waals surface area contributed by atoms with Gasteiger partial charge in [0, 0.05) is 12.3 Å². The van der Waals surface area contributed by atoms with Gasteiger partial charge in [0.25, 0.3) is 0 Å². The number of Topliss-reactive ketones (excluding diaryl/α,β-unsaturated/α-hetero) is 1. The predicted molar refractivity (Wildman–Crippen MR) is 102 cm³/mol. The lowest BCUT2D eigenvalue weighted by Gasteiger charge is -2.33. The van der Waals surface area contributed by atoms with Crippen molar-refractivity contribution in [2.45, 2.75) is 90.9 Å². The summed E-state index contributed by atoms with van der Waals surface area (Å²) >= 11 is 0. The fourth-order valence-corrected chi connectivity index (χ4v) is 5.30. The normalized spacial score (nSPS) is 38.4. The molecule has 0 aromatic rings. The maximum Gasteiger partial charge on any atom is 0.135 e. The summed E-state index contributed by atoms with van der Waals surface area (Å²) in [5.41, 5.74) is 1.49. The van der Waals surface area contributed by atoms with Crippen molar-refractivity contribution in [2.75, 3.05) is 0 Å². The van der Waals surface area contributed by atoms with Crippen molar-refractivity contribution in [3.63, 3.8) is 0 Å². The highest BCUT2D eigenvalue weighted by atomic mass is 16.1. The minimum absolute atomic E-state index is 0.425. The number of carbonyl (C=O) groups is 1. The van der Waals surface area contributed by atoms with Crippen LogP contribution in [0.3, 0.4) is 0 Å². The van der Waals surface area contributed by atoms with Crippen molar-refractivity contribution >= 4 is 5.78 Å². The van der Waals surface area contributed by atoms with Crippen LogP contribution < -0.4 is 0 Å². The number of hydrogen-bond donors (Lipinski definition) is 0. The highest BCUT2D eigenvalue weighted by molar-refractivity contribution is 5.81. The van der Waals surface area contributed by atoms with Crippen LogP contribution in [-0.2, 0) is 4.79 Å². The van der Waals surface area contributed by atoms with Gasteiger partial charge in [0.05, 0.1) is 0 Å². The topological polar surface area (TPSA) is 17.1 Å². The second-order valence-corrected chi connectivity index (χ2v) is 9.42. The smallest absolute Gasteiger partial charge is 0.135 e. The van der Waals surface area contributed by atoms with Crippen LogP contribution >= 0.6 is 0 Å². The van der Waals surface area contributed by atoms with Gasteiger partial charge in [-0.3, -0.25) is 4.79 Å². The van der Waals surface area contributed by atoms with Gasteiger partial charge in [-0.05, 0) is 93.8 Å². The Morgan fingerprint density at radius 2 is 1.54 bits per heavy atom. The van der Waals surface area contributed by atoms with Crippen molar-refractivity contribution in [3.8, 4) is 0 Å². The second kappa shape index (κ2) is 8.19. The van der Waals surface area contributed by atoms with Gasteiger partial charge in [0.1, 0.15) is 5.78 Å². The number of ketones is 1. The molecule has 6 atom stereocenters. The molecule has 0 amide bonds. The monoisotopic (exact) mass is 330 g/mol. The maximum atomic E-state index is 12.4. The minimum Gasteiger partial charge on any atom is -0.299 e. The highest BCUT2D eigenvalue weighted by Gasteiger charge is 2.43. The van der Waals surface area contributed by atoms with Crippen molar-refractivity contribution < 1.29 is 4.79 Å². The highest BCUT2D eigenvalue weighted by Crippen LogP contribution is 2.51. The van der Waals surface area contributed by atoms with Crippen molar-refractivity contribution in [1.82, 2.24) is 0 Å². The number of carbonyl (C=O) groups excluding carboxylic acids is 1. The Labute approximate surface area is 149 Å². The molecule has 1 nitrogen and oxygen atoms in total. The van der Waals surface area contributed by atoms with Gasteiger partial charge in [0.15, 0.2) is 0 Å². The lowest BCUT2D eigenvalue weighted by Crippen LogP contribution is -2.21. The molecule has 0 aliphatic heterocycles. The number of fused-ring (bicyclic) bond motifs is 1. The van der Waals surface area contributed by atoms with E-state index in [1.807, 2.05) is 0 Å². The quantitative estimate of drug-likeness (QED) is 0.363. The molecule has 0 aromatic carbocycles. The van der Waals surface area contributed by atoms with Crippen LogP contribution in [0.15, 0.2) is 12.2 Å². The molecule has 0 heterocycles. The average molecular weight is 331 g/mol. The van der Waals surface area contributed by atoms with E-state index in [1.54, 1.807) is 0 Å². The number of hydrogen-bond acceptors (Lipinski definition) is 1. The summed E-state index contributed by atoms with van der Waals surface area (Å²) in [6.45, 7) is 9.20. The van der Waals surface area contributed by atoms with Crippen LogP contribution in [0.4, 0.5) is 0 Å². The van der Waals surface area contributed by atoms with E-state index in [9.17, 15) is 4.79 Å². The molecule has 24 heavy (non-hydrogen) atoms. The molecular weight excluding hydrogens is 292 g/mol. The van der Waals surface area contributed by atoms with Crippen molar-refractivity contribution in [3.05, 3.63) is 12.2 Å². The molecular formula is C23H38O. The van der Waals surface area contributed by atoms with Crippen LogP contribution in [0.5, 0.6) is 0 Å². The summed E-state index contributed by atoms with van der Waals surface area (Å²) in [7, 11) is 0. The molecule has 3 saturated carbocycles. The third-order valence-corrected chi connectivity index (χ3v) is 7.59. The van der Waals surface area contributed by atoms with Crippen LogP contribution in [0.1, 0.15) is 90.9 Å². The molecule has 0 spiro atoms. The van der Waals surface area contributed by atoms with Crippen molar-refractivity contribution in [2.24, 2.45) is 35.5 Å². The number of unbranched alkanes of at least 4 members (excludes halogenated alkanes) is 2. The minimum atomic E-state index is 0.425. The predicted octanol–water partition coefficient (Wildman–Crippen LogP) is 6.57. The first-order valence-corrected chi connectivity index (χ1v) is 10.7. The molecule has 0 bridgehead atoms. The lowest BCUT2D eigenvalue weighted by atomic mass is 9.73. The largest absolute Gasteiger partial charge is 0.299 e. The summed E-state index contributed by atoms with van der Waals surface area (Å²) in [4.78, 5) is 12.4. The molecule has 3 aliphatic carbocycles. The van der Waals surface area contributed by atoms with Crippen LogP contribution in [-0.4, -0.2) is 5.78 Å². The zero-order valence-electron chi connectivity index (χ0n) is 16.1. The van der Waals surface area contributed by atoms with Gasteiger partial charge < -0.3 is 0 Å². The molecule has 0 N–H and O–H groups in total. The molecule has 3 aliphatic rings. The Hall–Kier alpha value is -0.590. The second-order valence-electron chi connectivity index (χ2n) is 9.42. The van der Waals surface area contributed by atoms with E-state index in [0.29, 0.717) is 11.7 Å². The van der Waals surface area contributed by atoms with E-state index in [1.165, 1.54) is 69.8 Å². The molecule has 0 radical (unpaired) electrons. The van der Waals surface area contributed by atoms with E-state index in [0.717, 1.165) is 42.4 Å². The first-order valence-electron chi connectivity index (χ1n) is 10.7. The summed E-state index contributed by atoms with van der Waals surface area (Å²) in [6.07, 6.45) is 14.8. The third-order valence-electron chi connectivity index (χ3n) is 7.59. The molecule has 3 rings (SSSR count). The van der Waals surface area contributed by atoms with Gasteiger partial charge in [-0.2, -0.15) is 0 Å². The molecule has 3 fully saturated rings. The average Bonchev–Trinajstić information content (AvgIpc) is 3.35. The van der Waals surface area contributed by atoms with Gasteiger partial charge >= 0.3 is 0 Å². The van der Waals surface area contributed by atoms with Crippen LogP contribution in [0, 0.1) is 35.5 Å². The molecule has 0 aromatic heterocycles. The fourth-order valence-electron chi connectivity index (χ4n) is 5.30. The number of allylic oxidation sites excluding steroid dienone is 1. The Morgan fingerprint density at radius 1 is 0.792 bits per heavy atom. The van der Waals surface area contributed by atoms with E-state index < -0.39 is 0 Å². The Kier molecular flexibility index (Phi) is 6.22. The molecule has 6 unspecified atom stereocenters. The summed E-state index contributed by atoms with van der Waals surface area (Å²) < 4.78 is 0. The summed E-state index contributed by atoms with van der Waals surface area (Å²) in [5, 5.41) is 0. The van der Waals surface area contributed by atoms with Gasteiger partial charge in [0.2, 0.25) is 0 Å². The van der Waals surface area contributed by atoms with E-state index >= 15 is 0 Å². The van der Waals surface area contributed by atoms with Crippen molar-refractivity contribution in [1.29, 1.82) is 0 Å². The SMILES string of the molecule is C=C(CCCCCC(=O)C1CCC2CC2C1)C1CCC(C)C(C)C1. The third kappa shape index (κ3) is 4.73. The Balaban J connectivity index is 1.25. The fraction of sp³-hybridized carbons (Fsp3) is 0.870. The standard InChI is InChI=1S/C23H38O/c1-16-9-10-19(13-18(16)3)17(2)7-5-4-6-8-23(24)21-12-11-20-14-22(20)15-21/h16,18-22H,2,4-15H2,1,3H3. The number of rotatable bonds is 8. The zero-order valence-corrected chi connectivity index (χ0v) is 16.1. The van der Waals surface area contributed by atoms with Crippen LogP contribution in [0.25, 0.3) is 0 Å². The summed E-state index contributed by atoms with van der Waals surface area (Å²) in [5.74, 6) is 5.46. The summed E-state index contributed by atoms with van der Waals surface area (Å²) in [6, 6.07) is 0. The molecule has 0 saturated heterocycles. The first-order chi connectivity index (χ1) is 11.5. The molecule has 136 valence electrons. The van der Waals surface area contributed by atoms with E-state index in [-0.39, 0.29) is 0 Å². The first kappa shape index (κ1) is 18.2.